The van der Waals surface area contributed by atoms with E-state index in [2.05, 4.69) is 22.8 Å². The summed E-state index contributed by atoms with van der Waals surface area (Å²) in [7, 11) is 0. The van der Waals surface area contributed by atoms with Crippen LogP contribution in [-0.2, 0) is 0 Å². The zero-order valence-corrected chi connectivity index (χ0v) is 14.2. The van der Waals surface area contributed by atoms with Gasteiger partial charge in [-0.1, -0.05) is 23.8 Å². The molecule has 4 heteroatoms. The molecular weight excluding hydrogens is 308 g/mol. The number of rotatable bonds is 3. The van der Waals surface area contributed by atoms with E-state index < -0.39 is 0 Å². The Kier molecular flexibility index (Phi) is 5.19. The van der Waals surface area contributed by atoms with E-state index in [1.165, 1.54) is 12.8 Å². The van der Waals surface area contributed by atoms with Crippen LogP contribution >= 0.6 is 11.6 Å². The van der Waals surface area contributed by atoms with Gasteiger partial charge in [-0.3, -0.25) is 4.79 Å². The summed E-state index contributed by atoms with van der Waals surface area (Å²) < 4.78 is 0. The van der Waals surface area contributed by atoms with Crippen LogP contribution in [0.15, 0.2) is 42.1 Å². The molecule has 1 amide bonds. The third-order valence-electron chi connectivity index (χ3n) is 4.75. The lowest BCUT2D eigenvalue weighted by Gasteiger charge is -2.30. The number of carbonyl (C=O) groups excluding carboxylic acids is 1. The zero-order chi connectivity index (χ0) is 16.2. The quantitative estimate of drug-likeness (QED) is 0.884. The van der Waals surface area contributed by atoms with Crippen molar-refractivity contribution in [1.82, 2.24) is 10.6 Å². The highest BCUT2D eigenvalue weighted by Gasteiger charge is 2.22. The second kappa shape index (κ2) is 7.33. The Bertz CT molecular complexity index is 645. The van der Waals surface area contributed by atoms with E-state index in [1.807, 2.05) is 19.1 Å². The molecule has 1 aliphatic carbocycles. The largest absolute Gasteiger partial charge is 0.322 e. The molecule has 2 atom stereocenters. The van der Waals surface area contributed by atoms with Gasteiger partial charge in [-0.05, 0) is 81.0 Å². The molecule has 2 aliphatic rings. The molecule has 23 heavy (non-hydrogen) atoms. The Morgan fingerprint density at radius 2 is 2.26 bits per heavy atom. The molecule has 1 unspecified atom stereocenters. The maximum atomic E-state index is 12.3. The first-order chi connectivity index (χ1) is 11.1. The monoisotopic (exact) mass is 330 g/mol. The van der Waals surface area contributed by atoms with Gasteiger partial charge in [0.05, 0.1) is 0 Å². The molecule has 3 nitrogen and oxygen atoms in total. The summed E-state index contributed by atoms with van der Waals surface area (Å²) >= 11 is 6.01. The van der Waals surface area contributed by atoms with Gasteiger partial charge < -0.3 is 10.6 Å². The molecule has 3 rings (SSSR count). The number of allylic oxidation sites excluding steroid dienone is 3. The van der Waals surface area contributed by atoms with Crippen LogP contribution in [0.5, 0.6) is 0 Å². The van der Waals surface area contributed by atoms with Gasteiger partial charge in [-0.2, -0.15) is 0 Å². The van der Waals surface area contributed by atoms with Gasteiger partial charge in [0.2, 0.25) is 0 Å². The lowest BCUT2D eigenvalue weighted by molar-refractivity contribution is 0.0966. The summed E-state index contributed by atoms with van der Waals surface area (Å²) in [5.41, 5.74) is 2.44. The fraction of sp³-hybridized carbons (Fsp3) is 0.421. The minimum Gasteiger partial charge on any atom is -0.322 e. The Morgan fingerprint density at radius 3 is 2.91 bits per heavy atom. The lowest BCUT2D eigenvalue weighted by Crippen LogP contribution is -2.34. The molecule has 0 radical (unpaired) electrons. The Balaban J connectivity index is 1.58. The number of piperidine rings is 1. The highest BCUT2D eigenvalue weighted by atomic mass is 35.5. The van der Waals surface area contributed by atoms with E-state index in [0.29, 0.717) is 22.4 Å². The van der Waals surface area contributed by atoms with Crippen molar-refractivity contribution < 1.29 is 4.79 Å². The SMILES string of the molecule is Cc1cc(C(=O)NC2=CCC([C@@H]3CCCNC3)C=C2)ccc1Cl. The summed E-state index contributed by atoms with van der Waals surface area (Å²) in [6.45, 7) is 4.15. The van der Waals surface area contributed by atoms with Crippen molar-refractivity contribution in [2.75, 3.05) is 13.1 Å². The van der Waals surface area contributed by atoms with Gasteiger partial charge in [-0.15, -0.1) is 0 Å². The van der Waals surface area contributed by atoms with Crippen molar-refractivity contribution in [3.05, 3.63) is 58.3 Å². The first kappa shape index (κ1) is 16.3. The molecule has 1 fully saturated rings. The summed E-state index contributed by atoms with van der Waals surface area (Å²) in [5, 5.41) is 7.14. The molecule has 0 aromatic heterocycles. The highest BCUT2D eigenvalue weighted by Crippen LogP contribution is 2.28. The number of benzene rings is 1. The number of amides is 1. The average molecular weight is 331 g/mol. The van der Waals surface area contributed by atoms with Crippen molar-refractivity contribution in [2.45, 2.75) is 26.2 Å². The minimum absolute atomic E-state index is 0.0848. The predicted molar refractivity (Wildman–Crippen MR) is 94.6 cm³/mol. The molecule has 122 valence electrons. The normalized spacial score (nSPS) is 24.2. The van der Waals surface area contributed by atoms with Crippen LogP contribution in [0.4, 0.5) is 0 Å². The van der Waals surface area contributed by atoms with Gasteiger partial charge >= 0.3 is 0 Å². The van der Waals surface area contributed by atoms with Gasteiger partial charge in [0.15, 0.2) is 0 Å². The number of carbonyl (C=O) groups is 1. The fourth-order valence-electron chi connectivity index (χ4n) is 3.31. The van der Waals surface area contributed by atoms with Gasteiger partial charge in [-0.25, -0.2) is 0 Å². The maximum absolute atomic E-state index is 12.3. The summed E-state index contributed by atoms with van der Waals surface area (Å²) in [6, 6.07) is 5.35. The summed E-state index contributed by atoms with van der Waals surface area (Å²) in [5.74, 6) is 1.21. The third kappa shape index (κ3) is 4.04. The fourth-order valence-corrected chi connectivity index (χ4v) is 3.43. The zero-order valence-electron chi connectivity index (χ0n) is 13.4. The topological polar surface area (TPSA) is 41.1 Å². The van der Waals surface area contributed by atoms with Crippen LogP contribution in [-0.4, -0.2) is 19.0 Å². The molecule has 0 saturated carbocycles. The molecule has 2 N–H and O–H groups in total. The number of hydrogen-bond donors (Lipinski definition) is 2. The molecule has 1 aromatic rings. The standard InChI is InChI=1S/C19H23ClN2O/c1-13-11-15(6-9-18(13)20)19(23)22-17-7-4-14(5-8-17)16-3-2-10-21-12-16/h4,6-9,11,14,16,21H,2-3,5,10,12H2,1H3,(H,22,23)/t14?,16-/m1/s1. The molecule has 0 spiro atoms. The van der Waals surface area contributed by atoms with Crippen molar-refractivity contribution in [3.63, 3.8) is 0 Å². The highest BCUT2D eigenvalue weighted by molar-refractivity contribution is 6.31. The van der Waals surface area contributed by atoms with Crippen LogP contribution in [0.2, 0.25) is 5.02 Å². The maximum Gasteiger partial charge on any atom is 0.255 e. The van der Waals surface area contributed by atoms with Crippen molar-refractivity contribution in [1.29, 1.82) is 0 Å². The first-order valence-electron chi connectivity index (χ1n) is 8.30. The van der Waals surface area contributed by atoms with E-state index in [0.717, 1.165) is 30.8 Å². The number of halogens is 1. The van der Waals surface area contributed by atoms with Gasteiger partial charge in [0, 0.05) is 16.3 Å². The Morgan fingerprint density at radius 1 is 1.39 bits per heavy atom. The van der Waals surface area contributed by atoms with Crippen LogP contribution in [0.3, 0.4) is 0 Å². The second-order valence-corrected chi connectivity index (χ2v) is 6.85. The molecule has 1 aromatic carbocycles. The van der Waals surface area contributed by atoms with Gasteiger partial charge in [0.25, 0.3) is 5.91 Å². The van der Waals surface area contributed by atoms with Crippen molar-refractivity contribution in [3.8, 4) is 0 Å². The Labute approximate surface area is 142 Å². The molecule has 1 aliphatic heterocycles. The molecule has 0 bridgehead atoms. The van der Waals surface area contributed by atoms with Crippen LogP contribution in [0.25, 0.3) is 0 Å². The van der Waals surface area contributed by atoms with Crippen LogP contribution in [0, 0.1) is 18.8 Å². The van der Waals surface area contributed by atoms with Crippen molar-refractivity contribution in [2.24, 2.45) is 11.8 Å². The lowest BCUT2D eigenvalue weighted by atomic mass is 9.82. The molecular formula is C19H23ClN2O. The molecule has 1 saturated heterocycles. The second-order valence-electron chi connectivity index (χ2n) is 6.44. The molecule has 1 heterocycles. The summed E-state index contributed by atoms with van der Waals surface area (Å²) in [6.07, 6.45) is 9.99. The van der Waals surface area contributed by atoms with E-state index in [-0.39, 0.29) is 5.91 Å². The Hall–Kier alpha value is -1.58. The first-order valence-corrected chi connectivity index (χ1v) is 8.68. The average Bonchev–Trinajstić information content (AvgIpc) is 2.59. The van der Waals surface area contributed by atoms with Crippen molar-refractivity contribution >= 4 is 17.5 Å². The van der Waals surface area contributed by atoms with E-state index in [4.69, 9.17) is 11.6 Å². The minimum atomic E-state index is -0.0848. The smallest absolute Gasteiger partial charge is 0.255 e. The number of hydrogen-bond acceptors (Lipinski definition) is 2. The van der Waals surface area contributed by atoms with E-state index in [1.54, 1.807) is 12.1 Å². The van der Waals surface area contributed by atoms with Crippen LogP contribution in [0.1, 0.15) is 35.2 Å². The summed E-state index contributed by atoms with van der Waals surface area (Å²) in [4.78, 5) is 12.3. The van der Waals surface area contributed by atoms with Crippen LogP contribution < -0.4 is 10.6 Å². The number of nitrogens with one attached hydrogen (secondary N) is 2. The predicted octanol–water partition coefficient (Wildman–Crippen LogP) is 3.84. The third-order valence-corrected chi connectivity index (χ3v) is 5.18. The number of aryl methyl sites for hydroxylation is 1. The van der Waals surface area contributed by atoms with Gasteiger partial charge in [0.1, 0.15) is 0 Å². The van der Waals surface area contributed by atoms with E-state index >= 15 is 0 Å². The van der Waals surface area contributed by atoms with E-state index in [9.17, 15) is 4.79 Å².